The van der Waals surface area contributed by atoms with Crippen LogP contribution >= 0.6 is 11.3 Å². The molecule has 1 heterocycles. The maximum atomic E-state index is 12.2. The van der Waals surface area contributed by atoms with Crippen molar-refractivity contribution in [2.75, 3.05) is 13.1 Å². The fourth-order valence-corrected chi connectivity index (χ4v) is 4.19. The summed E-state index contributed by atoms with van der Waals surface area (Å²) in [5.74, 6) is 0. The van der Waals surface area contributed by atoms with Crippen molar-refractivity contribution in [2.24, 2.45) is 0 Å². The average Bonchev–Trinajstić information content (AvgIpc) is 2.96. The predicted molar refractivity (Wildman–Crippen MR) is 87.0 cm³/mol. The molecule has 0 saturated heterocycles. The first-order chi connectivity index (χ1) is 10.1. The Morgan fingerprint density at radius 2 is 1.90 bits per heavy atom. The van der Waals surface area contributed by atoms with E-state index in [9.17, 15) is 8.42 Å². The fourth-order valence-electron chi connectivity index (χ4n) is 1.90. The van der Waals surface area contributed by atoms with Crippen molar-refractivity contribution in [1.29, 1.82) is 0 Å². The molecule has 2 aromatic rings. The lowest BCUT2D eigenvalue weighted by molar-refractivity contribution is 0.583. The Bertz CT molecular complexity index is 651. The van der Waals surface area contributed by atoms with Gasteiger partial charge in [0.25, 0.3) is 0 Å². The van der Waals surface area contributed by atoms with Crippen LogP contribution in [0.25, 0.3) is 0 Å². The van der Waals surface area contributed by atoms with E-state index in [2.05, 4.69) is 10.0 Å². The van der Waals surface area contributed by atoms with Gasteiger partial charge in [0.15, 0.2) is 0 Å². The molecule has 0 aliphatic heterocycles. The first-order valence-electron chi connectivity index (χ1n) is 6.93. The zero-order valence-corrected chi connectivity index (χ0v) is 13.6. The van der Waals surface area contributed by atoms with E-state index < -0.39 is 10.0 Å². The smallest absolute Gasteiger partial charge is 0.250 e. The van der Waals surface area contributed by atoms with Crippen molar-refractivity contribution in [3.05, 3.63) is 52.9 Å². The number of hydrogen-bond donors (Lipinski definition) is 2. The third-order valence-electron chi connectivity index (χ3n) is 3.02. The van der Waals surface area contributed by atoms with E-state index in [1.165, 1.54) is 11.3 Å². The zero-order valence-electron chi connectivity index (χ0n) is 12.0. The molecule has 2 N–H and O–H groups in total. The van der Waals surface area contributed by atoms with Crippen molar-refractivity contribution < 1.29 is 8.42 Å². The molecule has 1 aromatic carbocycles. The Morgan fingerprint density at radius 1 is 1.14 bits per heavy atom. The quantitative estimate of drug-likeness (QED) is 0.784. The molecular formula is C15H20N2O2S2. The van der Waals surface area contributed by atoms with Crippen LogP contribution in [0.2, 0.25) is 0 Å². The van der Waals surface area contributed by atoms with Gasteiger partial charge in [-0.1, -0.05) is 37.3 Å². The van der Waals surface area contributed by atoms with Crippen LogP contribution in [0, 0.1) is 0 Å². The van der Waals surface area contributed by atoms with E-state index in [0.717, 1.165) is 17.7 Å². The molecular weight excluding hydrogens is 304 g/mol. The third-order valence-corrected chi connectivity index (χ3v) is 5.97. The SMILES string of the molecule is CCNCc1csc(S(=O)(=O)NCCc2ccccc2)c1. The number of benzene rings is 1. The second kappa shape index (κ2) is 7.70. The molecule has 0 bridgehead atoms. The number of hydrogen-bond acceptors (Lipinski definition) is 4. The molecule has 4 nitrogen and oxygen atoms in total. The minimum atomic E-state index is -3.39. The summed E-state index contributed by atoms with van der Waals surface area (Å²) in [5.41, 5.74) is 2.13. The van der Waals surface area contributed by atoms with Crippen LogP contribution in [0.15, 0.2) is 46.0 Å². The van der Waals surface area contributed by atoms with Crippen molar-refractivity contribution >= 4 is 21.4 Å². The molecule has 2 rings (SSSR count). The zero-order chi connectivity index (χ0) is 15.1. The largest absolute Gasteiger partial charge is 0.313 e. The normalized spacial score (nSPS) is 11.7. The minimum Gasteiger partial charge on any atom is -0.313 e. The summed E-state index contributed by atoms with van der Waals surface area (Å²) in [7, 11) is -3.39. The second-order valence-electron chi connectivity index (χ2n) is 4.69. The summed E-state index contributed by atoms with van der Waals surface area (Å²) < 4.78 is 27.4. The highest BCUT2D eigenvalue weighted by atomic mass is 32.2. The maximum Gasteiger partial charge on any atom is 0.250 e. The fraction of sp³-hybridized carbons (Fsp3) is 0.333. The van der Waals surface area contributed by atoms with Crippen molar-refractivity contribution in [3.8, 4) is 0 Å². The molecule has 0 amide bonds. The first-order valence-corrected chi connectivity index (χ1v) is 9.30. The summed E-state index contributed by atoms with van der Waals surface area (Å²) in [4.78, 5) is 0. The summed E-state index contributed by atoms with van der Waals surface area (Å²) in [5, 5.41) is 5.07. The van der Waals surface area contributed by atoms with Gasteiger partial charge >= 0.3 is 0 Å². The van der Waals surface area contributed by atoms with Gasteiger partial charge in [0.1, 0.15) is 4.21 Å². The van der Waals surface area contributed by atoms with Crippen LogP contribution in [0.5, 0.6) is 0 Å². The van der Waals surface area contributed by atoms with E-state index in [-0.39, 0.29) is 0 Å². The van der Waals surface area contributed by atoms with Gasteiger partial charge in [-0.05, 0) is 35.5 Å². The highest BCUT2D eigenvalue weighted by molar-refractivity contribution is 7.91. The first kappa shape index (κ1) is 16.2. The van der Waals surface area contributed by atoms with Gasteiger partial charge in [-0.25, -0.2) is 13.1 Å². The van der Waals surface area contributed by atoms with Gasteiger partial charge in [-0.2, -0.15) is 0 Å². The highest BCUT2D eigenvalue weighted by Crippen LogP contribution is 2.20. The molecule has 0 spiro atoms. The van der Waals surface area contributed by atoms with Crippen molar-refractivity contribution in [1.82, 2.24) is 10.0 Å². The lowest BCUT2D eigenvalue weighted by Crippen LogP contribution is -2.25. The van der Waals surface area contributed by atoms with Gasteiger partial charge < -0.3 is 5.32 Å². The monoisotopic (exact) mass is 324 g/mol. The Hall–Kier alpha value is -1.21. The molecule has 0 aliphatic carbocycles. The van der Waals surface area contributed by atoms with Gasteiger partial charge in [0.05, 0.1) is 0 Å². The van der Waals surface area contributed by atoms with Gasteiger partial charge in [-0.3, -0.25) is 0 Å². The molecule has 0 unspecified atom stereocenters. The topological polar surface area (TPSA) is 58.2 Å². The number of thiophene rings is 1. The van der Waals surface area contributed by atoms with Crippen molar-refractivity contribution in [2.45, 2.75) is 24.1 Å². The molecule has 0 atom stereocenters. The van der Waals surface area contributed by atoms with E-state index in [0.29, 0.717) is 23.7 Å². The summed E-state index contributed by atoms with van der Waals surface area (Å²) in [6.45, 7) is 4.00. The lowest BCUT2D eigenvalue weighted by Gasteiger charge is -2.04. The summed E-state index contributed by atoms with van der Waals surface area (Å²) >= 11 is 1.26. The predicted octanol–water partition coefficient (Wildman–Crippen LogP) is 2.38. The second-order valence-corrected chi connectivity index (χ2v) is 7.59. The van der Waals surface area contributed by atoms with Crippen LogP contribution in [0.3, 0.4) is 0 Å². The molecule has 6 heteroatoms. The summed E-state index contributed by atoms with van der Waals surface area (Å²) in [6, 6.07) is 11.6. The highest BCUT2D eigenvalue weighted by Gasteiger charge is 2.16. The van der Waals surface area contributed by atoms with Crippen LogP contribution in [0.4, 0.5) is 0 Å². The molecule has 21 heavy (non-hydrogen) atoms. The molecule has 0 fully saturated rings. The van der Waals surface area contributed by atoms with Crippen LogP contribution < -0.4 is 10.0 Å². The van der Waals surface area contributed by atoms with Crippen LogP contribution in [-0.2, 0) is 23.0 Å². The Kier molecular flexibility index (Phi) is 5.93. The van der Waals surface area contributed by atoms with Gasteiger partial charge in [0.2, 0.25) is 10.0 Å². The molecule has 0 radical (unpaired) electrons. The van der Waals surface area contributed by atoms with Gasteiger partial charge in [0, 0.05) is 13.1 Å². The Morgan fingerprint density at radius 3 is 2.62 bits per heavy atom. The average molecular weight is 324 g/mol. The van der Waals surface area contributed by atoms with Crippen molar-refractivity contribution in [3.63, 3.8) is 0 Å². The molecule has 0 aliphatic rings. The minimum absolute atomic E-state index is 0.378. The van der Waals surface area contributed by atoms with Crippen LogP contribution in [0.1, 0.15) is 18.1 Å². The van der Waals surface area contributed by atoms with E-state index in [1.54, 1.807) is 6.07 Å². The molecule has 0 saturated carbocycles. The van der Waals surface area contributed by atoms with Gasteiger partial charge in [-0.15, -0.1) is 11.3 Å². The van der Waals surface area contributed by atoms with E-state index in [4.69, 9.17) is 0 Å². The van der Waals surface area contributed by atoms with E-state index in [1.807, 2.05) is 42.6 Å². The number of sulfonamides is 1. The maximum absolute atomic E-state index is 12.2. The number of rotatable bonds is 8. The molecule has 1 aromatic heterocycles. The lowest BCUT2D eigenvalue weighted by atomic mass is 10.2. The van der Waals surface area contributed by atoms with E-state index >= 15 is 0 Å². The van der Waals surface area contributed by atoms with Crippen LogP contribution in [-0.4, -0.2) is 21.5 Å². The Balaban J connectivity index is 1.90. The Labute approximate surface area is 130 Å². The third kappa shape index (κ3) is 4.93. The summed E-state index contributed by atoms with van der Waals surface area (Å²) in [6.07, 6.45) is 0.690. The number of nitrogens with one attached hydrogen (secondary N) is 2. The molecule has 114 valence electrons. The standard InChI is InChI=1S/C15H20N2O2S2/c1-2-16-11-14-10-15(20-12-14)21(18,19)17-9-8-13-6-4-3-5-7-13/h3-7,10,12,16-17H,2,8-9,11H2,1H3.